The number of methoxy groups -OCH3 is 1. The van der Waals surface area contributed by atoms with Crippen LogP contribution >= 0.6 is 0 Å². The Hall–Kier alpha value is -3.02. The number of nitrogens with zero attached hydrogens (tertiary/aromatic N) is 1. The zero-order valence-corrected chi connectivity index (χ0v) is 17.7. The summed E-state index contributed by atoms with van der Waals surface area (Å²) in [6.45, 7) is 3.45. The van der Waals surface area contributed by atoms with E-state index in [1.165, 1.54) is 0 Å². The molecule has 1 aliphatic heterocycles. The predicted molar refractivity (Wildman–Crippen MR) is 116 cm³/mol. The van der Waals surface area contributed by atoms with E-state index in [-0.39, 0.29) is 24.4 Å². The predicted octanol–water partition coefficient (Wildman–Crippen LogP) is 3.97. The van der Waals surface area contributed by atoms with Crippen molar-refractivity contribution in [2.75, 3.05) is 26.8 Å². The molecule has 2 amide bonds. The molecule has 1 unspecified atom stereocenters. The summed E-state index contributed by atoms with van der Waals surface area (Å²) in [6, 6.07) is 14.8. The average molecular weight is 411 g/mol. The van der Waals surface area contributed by atoms with Crippen LogP contribution in [0, 0.1) is 0 Å². The Labute approximate surface area is 178 Å². The van der Waals surface area contributed by atoms with E-state index >= 15 is 0 Å². The largest absolute Gasteiger partial charge is 0.497 e. The van der Waals surface area contributed by atoms with Gasteiger partial charge in [0.1, 0.15) is 11.5 Å². The number of carbonyl (C=O) groups is 2. The highest BCUT2D eigenvalue weighted by Crippen LogP contribution is 2.33. The lowest BCUT2D eigenvalue weighted by Gasteiger charge is -2.25. The van der Waals surface area contributed by atoms with Crippen molar-refractivity contribution in [2.45, 2.75) is 38.6 Å². The van der Waals surface area contributed by atoms with Crippen LogP contribution in [0.2, 0.25) is 0 Å². The van der Waals surface area contributed by atoms with Gasteiger partial charge in [0.05, 0.1) is 26.3 Å². The van der Waals surface area contributed by atoms with Crippen molar-refractivity contribution in [3.05, 3.63) is 59.7 Å². The first-order valence-corrected chi connectivity index (χ1v) is 10.6. The van der Waals surface area contributed by atoms with Crippen molar-refractivity contribution in [1.29, 1.82) is 0 Å². The molecule has 1 aliphatic rings. The molecular weight excluding hydrogens is 380 g/mol. The van der Waals surface area contributed by atoms with Crippen molar-refractivity contribution in [2.24, 2.45) is 0 Å². The number of nitrogens with one attached hydrogen (secondary N) is 1. The first kappa shape index (κ1) is 21.7. The summed E-state index contributed by atoms with van der Waals surface area (Å²) >= 11 is 0. The molecule has 160 valence electrons. The van der Waals surface area contributed by atoms with E-state index in [9.17, 15) is 9.59 Å². The number of ether oxygens (including phenoxy) is 2. The van der Waals surface area contributed by atoms with Crippen LogP contribution in [0.5, 0.6) is 11.5 Å². The highest BCUT2D eigenvalue weighted by molar-refractivity contribution is 5.96. The Bertz CT molecular complexity index is 851. The summed E-state index contributed by atoms with van der Waals surface area (Å²) in [5, 5.41) is 2.75. The van der Waals surface area contributed by atoms with Crippen molar-refractivity contribution in [1.82, 2.24) is 10.2 Å². The van der Waals surface area contributed by atoms with Crippen LogP contribution in [0.15, 0.2) is 48.5 Å². The van der Waals surface area contributed by atoms with E-state index in [1.54, 1.807) is 31.4 Å². The van der Waals surface area contributed by atoms with Gasteiger partial charge in [-0.2, -0.15) is 0 Å². The molecule has 1 heterocycles. The second kappa shape index (κ2) is 10.7. The van der Waals surface area contributed by atoms with Crippen molar-refractivity contribution >= 4 is 11.8 Å². The standard InChI is InChI=1S/C24H30N2O4/c1-3-4-15-30-20-12-10-18(11-13-20)24(28)25-17-23(27)26-14-6-9-22(26)19-7-5-8-21(16-19)29-2/h5,7-8,10-13,16,22H,3-4,6,9,14-15,17H2,1-2H3,(H,25,28). The minimum atomic E-state index is -0.263. The molecule has 1 fully saturated rings. The normalized spacial score (nSPS) is 15.7. The van der Waals surface area contributed by atoms with Crippen LogP contribution in [-0.2, 0) is 4.79 Å². The Balaban J connectivity index is 1.54. The van der Waals surface area contributed by atoms with Gasteiger partial charge >= 0.3 is 0 Å². The zero-order chi connectivity index (χ0) is 21.3. The van der Waals surface area contributed by atoms with Crippen molar-refractivity contribution in [3.8, 4) is 11.5 Å². The maximum absolute atomic E-state index is 12.8. The van der Waals surface area contributed by atoms with Crippen molar-refractivity contribution in [3.63, 3.8) is 0 Å². The van der Waals surface area contributed by atoms with Gasteiger partial charge in [-0.05, 0) is 61.2 Å². The fraction of sp³-hybridized carbons (Fsp3) is 0.417. The Morgan fingerprint density at radius 3 is 2.67 bits per heavy atom. The fourth-order valence-corrected chi connectivity index (χ4v) is 3.66. The van der Waals surface area contributed by atoms with Crippen molar-refractivity contribution < 1.29 is 19.1 Å². The van der Waals surface area contributed by atoms with Gasteiger partial charge in [0, 0.05) is 12.1 Å². The average Bonchev–Trinajstić information content (AvgIpc) is 3.28. The lowest BCUT2D eigenvalue weighted by atomic mass is 10.0. The van der Waals surface area contributed by atoms with Crippen LogP contribution in [0.1, 0.15) is 54.6 Å². The summed E-state index contributed by atoms with van der Waals surface area (Å²) in [7, 11) is 1.63. The molecule has 1 saturated heterocycles. The van der Waals surface area contributed by atoms with E-state index in [2.05, 4.69) is 12.2 Å². The first-order valence-electron chi connectivity index (χ1n) is 10.6. The van der Waals surface area contributed by atoms with Crippen LogP contribution < -0.4 is 14.8 Å². The molecule has 0 spiro atoms. The van der Waals surface area contributed by atoms with Crippen LogP contribution in [-0.4, -0.2) is 43.5 Å². The molecule has 0 aromatic heterocycles. The highest BCUT2D eigenvalue weighted by atomic mass is 16.5. The molecule has 3 rings (SSSR count). The summed E-state index contributed by atoms with van der Waals surface area (Å²) < 4.78 is 10.9. The maximum Gasteiger partial charge on any atom is 0.251 e. The maximum atomic E-state index is 12.8. The molecule has 0 saturated carbocycles. The second-order valence-electron chi connectivity index (χ2n) is 7.43. The molecule has 2 aromatic rings. The fourth-order valence-electron chi connectivity index (χ4n) is 3.66. The van der Waals surface area contributed by atoms with Crippen LogP contribution in [0.4, 0.5) is 0 Å². The van der Waals surface area contributed by atoms with Gasteiger partial charge in [-0.25, -0.2) is 0 Å². The monoisotopic (exact) mass is 410 g/mol. The van der Waals surface area contributed by atoms with E-state index in [0.717, 1.165) is 42.7 Å². The highest BCUT2D eigenvalue weighted by Gasteiger charge is 2.30. The summed E-state index contributed by atoms with van der Waals surface area (Å²) in [5.74, 6) is 1.19. The smallest absolute Gasteiger partial charge is 0.251 e. The molecular formula is C24H30N2O4. The van der Waals surface area contributed by atoms with E-state index in [0.29, 0.717) is 18.7 Å². The number of carbonyl (C=O) groups excluding carboxylic acids is 2. The minimum absolute atomic E-state index is 0.0176. The number of hydrogen-bond donors (Lipinski definition) is 1. The van der Waals surface area contributed by atoms with Gasteiger partial charge in [-0.1, -0.05) is 25.5 Å². The third-order valence-corrected chi connectivity index (χ3v) is 5.34. The lowest BCUT2D eigenvalue weighted by Crippen LogP contribution is -2.39. The molecule has 6 nitrogen and oxygen atoms in total. The van der Waals surface area contributed by atoms with Gasteiger partial charge in [0.15, 0.2) is 0 Å². The third kappa shape index (κ3) is 5.53. The molecule has 30 heavy (non-hydrogen) atoms. The number of likely N-dealkylation sites (tertiary alicyclic amines) is 1. The van der Waals surface area contributed by atoms with Gasteiger partial charge in [-0.15, -0.1) is 0 Å². The number of rotatable bonds is 9. The summed E-state index contributed by atoms with van der Waals surface area (Å²) in [4.78, 5) is 27.1. The molecule has 2 aromatic carbocycles. The number of benzene rings is 2. The first-order chi connectivity index (χ1) is 14.6. The second-order valence-corrected chi connectivity index (χ2v) is 7.43. The van der Waals surface area contributed by atoms with E-state index < -0.39 is 0 Å². The Morgan fingerprint density at radius 2 is 1.93 bits per heavy atom. The molecule has 0 aliphatic carbocycles. The van der Waals surface area contributed by atoms with Crippen LogP contribution in [0.25, 0.3) is 0 Å². The van der Waals surface area contributed by atoms with E-state index in [4.69, 9.17) is 9.47 Å². The SMILES string of the molecule is CCCCOc1ccc(C(=O)NCC(=O)N2CCCC2c2cccc(OC)c2)cc1. The lowest BCUT2D eigenvalue weighted by molar-refractivity contribution is -0.131. The molecule has 6 heteroatoms. The zero-order valence-electron chi connectivity index (χ0n) is 17.7. The quantitative estimate of drug-likeness (QED) is 0.635. The topological polar surface area (TPSA) is 67.9 Å². The Kier molecular flexibility index (Phi) is 7.71. The van der Waals surface area contributed by atoms with Gasteiger partial charge in [-0.3, -0.25) is 9.59 Å². The number of amides is 2. The van der Waals surface area contributed by atoms with Crippen LogP contribution in [0.3, 0.4) is 0 Å². The van der Waals surface area contributed by atoms with Gasteiger partial charge in [0.2, 0.25) is 5.91 Å². The molecule has 0 radical (unpaired) electrons. The molecule has 1 atom stereocenters. The molecule has 0 bridgehead atoms. The van der Waals surface area contributed by atoms with Gasteiger partial charge < -0.3 is 19.7 Å². The third-order valence-electron chi connectivity index (χ3n) is 5.34. The minimum Gasteiger partial charge on any atom is -0.497 e. The Morgan fingerprint density at radius 1 is 1.13 bits per heavy atom. The molecule has 1 N–H and O–H groups in total. The van der Waals surface area contributed by atoms with E-state index in [1.807, 2.05) is 29.2 Å². The summed E-state index contributed by atoms with van der Waals surface area (Å²) in [5.41, 5.74) is 1.57. The van der Waals surface area contributed by atoms with Gasteiger partial charge in [0.25, 0.3) is 5.91 Å². The number of unbranched alkanes of at least 4 members (excludes halogenated alkanes) is 1. The number of hydrogen-bond acceptors (Lipinski definition) is 4. The summed E-state index contributed by atoms with van der Waals surface area (Å²) in [6.07, 6.45) is 3.93.